The smallest absolute Gasteiger partial charge is 0.0716 e. The Labute approximate surface area is 116 Å². The number of halogens is 1. The molecule has 1 aromatic heterocycles. The lowest BCUT2D eigenvalue weighted by Gasteiger charge is -2.07. The number of anilines is 1. The van der Waals surface area contributed by atoms with Crippen molar-refractivity contribution in [3.63, 3.8) is 0 Å². The van der Waals surface area contributed by atoms with Gasteiger partial charge < -0.3 is 5.32 Å². The van der Waals surface area contributed by atoms with Crippen molar-refractivity contribution in [2.24, 2.45) is 0 Å². The van der Waals surface area contributed by atoms with Gasteiger partial charge in [-0.1, -0.05) is 63.5 Å². The highest BCUT2D eigenvalue weighted by Gasteiger charge is 1.97. The molecule has 0 saturated carbocycles. The zero-order valence-corrected chi connectivity index (χ0v) is 12.2. The topological polar surface area (TPSA) is 24.9 Å². The molecule has 0 unspecified atom stereocenters. The minimum absolute atomic E-state index is 0.754. The summed E-state index contributed by atoms with van der Waals surface area (Å²) in [5.41, 5.74) is 0.946. The van der Waals surface area contributed by atoms with Crippen LogP contribution in [0.3, 0.4) is 0 Å². The Bertz CT molecular complexity index is 315. The summed E-state index contributed by atoms with van der Waals surface area (Å²) in [7, 11) is 0. The van der Waals surface area contributed by atoms with E-state index in [0.717, 1.165) is 17.3 Å². The number of hydrogen-bond acceptors (Lipinski definition) is 2. The van der Waals surface area contributed by atoms with Crippen molar-refractivity contribution in [2.75, 3.05) is 11.9 Å². The summed E-state index contributed by atoms with van der Waals surface area (Å²) in [4.78, 5) is 4.06. The summed E-state index contributed by atoms with van der Waals surface area (Å²) in [5.74, 6) is 0. The first-order chi connectivity index (χ1) is 8.84. The van der Waals surface area contributed by atoms with Crippen LogP contribution < -0.4 is 5.32 Å². The molecule has 0 fully saturated rings. The fourth-order valence-electron chi connectivity index (χ4n) is 1.99. The van der Waals surface area contributed by atoms with Crippen molar-refractivity contribution < 1.29 is 0 Å². The monoisotopic (exact) mass is 268 g/mol. The van der Waals surface area contributed by atoms with Gasteiger partial charge in [-0.2, -0.15) is 0 Å². The maximum Gasteiger partial charge on any atom is 0.0716 e. The van der Waals surface area contributed by atoms with Gasteiger partial charge in [-0.25, -0.2) is 0 Å². The lowest BCUT2D eigenvalue weighted by Crippen LogP contribution is -2.02. The van der Waals surface area contributed by atoms with Crippen LogP contribution in [0.2, 0.25) is 5.02 Å². The molecule has 0 atom stereocenters. The number of nitrogens with zero attached hydrogens (tertiary/aromatic N) is 1. The second-order valence-electron chi connectivity index (χ2n) is 4.76. The van der Waals surface area contributed by atoms with Crippen molar-refractivity contribution in [1.29, 1.82) is 0 Å². The van der Waals surface area contributed by atoms with Gasteiger partial charge in [-0.3, -0.25) is 4.98 Å². The molecular formula is C15H25ClN2. The van der Waals surface area contributed by atoms with Crippen LogP contribution in [0.25, 0.3) is 0 Å². The molecule has 0 radical (unpaired) electrons. The third-order valence-electron chi connectivity index (χ3n) is 3.11. The SMILES string of the molecule is CCCCCCCCCCNc1cnccc1Cl. The number of aromatic nitrogens is 1. The molecule has 1 heterocycles. The van der Waals surface area contributed by atoms with Crippen LogP contribution in [0.4, 0.5) is 5.69 Å². The van der Waals surface area contributed by atoms with Crippen LogP contribution in [-0.2, 0) is 0 Å². The third-order valence-corrected chi connectivity index (χ3v) is 3.44. The van der Waals surface area contributed by atoms with Gasteiger partial charge in [0.05, 0.1) is 16.9 Å². The van der Waals surface area contributed by atoms with Crippen molar-refractivity contribution in [1.82, 2.24) is 4.98 Å². The van der Waals surface area contributed by atoms with Gasteiger partial charge in [0.2, 0.25) is 0 Å². The summed E-state index contributed by atoms with van der Waals surface area (Å²) in [5, 5.41) is 4.08. The van der Waals surface area contributed by atoms with Crippen LogP contribution in [0.15, 0.2) is 18.5 Å². The lowest BCUT2D eigenvalue weighted by atomic mass is 10.1. The summed E-state index contributed by atoms with van der Waals surface area (Å²) < 4.78 is 0. The fourth-order valence-corrected chi connectivity index (χ4v) is 2.16. The van der Waals surface area contributed by atoms with E-state index in [4.69, 9.17) is 11.6 Å². The van der Waals surface area contributed by atoms with Gasteiger partial charge in [0.25, 0.3) is 0 Å². The molecule has 102 valence electrons. The summed E-state index contributed by atoms with van der Waals surface area (Å²) in [6.07, 6.45) is 14.3. The first-order valence-corrected chi connectivity index (χ1v) is 7.55. The van der Waals surface area contributed by atoms with Crippen LogP contribution in [-0.4, -0.2) is 11.5 Å². The van der Waals surface area contributed by atoms with Crippen LogP contribution >= 0.6 is 11.6 Å². The Morgan fingerprint density at radius 2 is 1.72 bits per heavy atom. The van der Waals surface area contributed by atoms with E-state index in [9.17, 15) is 0 Å². The van der Waals surface area contributed by atoms with Crippen molar-refractivity contribution in [3.05, 3.63) is 23.5 Å². The van der Waals surface area contributed by atoms with Gasteiger partial charge in [0, 0.05) is 12.7 Å². The molecule has 0 bridgehead atoms. The number of rotatable bonds is 10. The molecule has 2 nitrogen and oxygen atoms in total. The lowest BCUT2D eigenvalue weighted by molar-refractivity contribution is 0.581. The normalized spacial score (nSPS) is 10.6. The Kier molecular flexibility index (Phi) is 8.66. The van der Waals surface area contributed by atoms with E-state index in [1.807, 2.05) is 6.07 Å². The van der Waals surface area contributed by atoms with E-state index in [-0.39, 0.29) is 0 Å². The molecule has 0 aliphatic rings. The highest BCUT2D eigenvalue weighted by Crippen LogP contribution is 2.19. The standard InChI is InChI=1S/C15H25ClN2/c1-2-3-4-5-6-7-8-9-11-18-15-13-17-12-10-14(15)16/h10,12-13,18H,2-9,11H2,1H3. The quantitative estimate of drug-likeness (QED) is 0.584. The van der Waals surface area contributed by atoms with Crippen molar-refractivity contribution in [2.45, 2.75) is 58.3 Å². The summed E-state index contributed by atoms with van der Waals surface area (Å²) in [6, 6.07) is 1.82. The van der Waals surface area contributed by atoms with E-state index in [1.54, 1.807) is 12.4 Å². The molecule has 0 aliphatic carbocycles. The second kappa shape index (κ2) is 10.2. The van der Waals surface area contributed by atoms with Gasteiger partial charge >= 0.3 is 0 Å². The highest BCUT2D eigenvalue weighted by molar-refractivity contribution is 6.33. The molecule has 0 amide bonds. The number of unbranched alkanes of at least 4 members (excludes halogenated alkanes) is 7. The maximum atomic E-state index is 6.03. The summed E-state index contributed by atoms with van der Waals surface area (Å²) >= 11 is 6.03. The molecule has 18 heavy (non-hydrogen) atoms. The van der Waals surface area contributed by atoms with Gasteiger partial charge in [-0.05, 0) is 12.5 Å². The van der Waals surface area contributed by atoms with Crippen LogP contribution in [0.1, 0.15) is 58.3 Å². The average molecular weight is 269 g/mol. The number of nitrogens with one attached hydrogen (secondary N) is 1. The van der Waals surface area contributed by atoms with Gasteiger partial charge in [0.1, 0.15) is 0 Å². The molecular weight excluding hydrogens is 244 g/mol. The highest BCUT2D eigenvalue weighted by atomic mass is 35.5. The number of hydrogen-bond donors (Lipinski definition) is 1. The molecule has 0 spiro atoms. The Balaban J connectivity index is 1.94. The van der Waals surface area contributed by atoms with E-state index in [2.05, 4.69) is 17.2 Å². The minimum Gasteiger partial charge on any atom is -0.383 e. The number of pyridine rings is 1. The Hall–Kier alpha value is -0.760. The first-order valence-electron chi connectivity index (χ1n) is 7.18. The van der Waals surface area contributed by atoms with E-state index in [0.29, 0.717) is 0 Å². The largest absolute Gasteiger partial charge is 0.383 e. The maximum absolute atomic E-state index is 6.03. The van der Waals surface area contributed by atoms with E-state index < -0.39 is 0 Å². The average Bonchev–Trinajstić information content (AvgIpc) is 2.39. The minimum atomic E-state index is 0.754. The third kappa shape index (κ3) is 6.85. The fraction of sp³-hybridized carbons (Fsp3) is 0.667. The Morgan fingerprint density at radius 3 is 2.39 bits per heavy atom. The molecule has 0 aromatic carbocycles. The molecule has 0 aliphatic heterocycles. The second-order valence-corrected chi connectivity index (χ2v) is 5.16. The van der Waals surface area contributed by atoms with E-state index >= 15 is 0 Å². The van der Waals surface area contributed by atoms with Crippen molar-refractivity contribution in [3.8, 4) is 0 Å². The van der Waals surface area contributed by atoms with Crippen LogP contribution in [0, 0.1) is 0 Å². The van der Waals surface area contributed by atoms with E-state index in [1.165, 1.54) is 51.4 Å². The van der Waals surface area contributed by atoms with Gasteiger partial charge in [0.15, 0.2) is 0 Å². The zero-order valence-electron chi connectivity index (χ0n) is 11.4. The zero-order chi connectivity index (χ0) is 13.1. The van der Waals surface area contributed by atoms with Crippen LogP contribution in [0.5, 0.6) is 0 Å². The molecule has 1 aromatic rings. The summed E-state index contributed by atoms with van der Waals surface area (Å²) in [6.45, 7) is 3.25. The molecule has 1 N–H and O–H groups in total. The van der Waals surface area contributed by atoms with Crippen molar-refractivity contribution >= 4 is 17.3 Å². The predicted octanol–water partition coefficient (Wildman–Crippen LogP) is 5.29. The molecule has 1 rings (SSSR count). The predicted molar refractivity (Wildman–Crippen MR) is 80.3 cm³/mol. The van der Waals surface area contributed by atoms with Gasteiger partial charge in [-0.15, -0.1) is 0 Å². The molecule has 0 saturated heterocycles. The molecule has 3 heteroatoms. The Morgan fingerprint density at radius 1 is 1.06 bits per heavy atom. The first kappa shape index (κ1) is 15.3.